The maximum Gasteiger partial charge on any atom is 0.0808 e. The van der Waals surface area contributed by atoms with Gasteiger partial charge in [-0.15, -0.1) is 0 Å². The standard InChI is InChI=1S/C24H18ClN/c1-24(19-11-13-20(25)14-12-19,16-15-18-7-3-2-4-8-18)22-17-26-23-10-6-5-9-21(22)23/h2-14,17,26H,1H3. The van der Waals surface area contributed by atoms with E-state index >= 15 is 0 Å². The molecule has 1 atom stereocenters. The summed E-state index contributed by atoms with van der Waals surface area (Å²) in [6.07, 6.45) is 2.07. The van der Waals surface area contributed by atoms with Gasteiger partial charge < -0.3 is 4.98 Å². The number of hydrogen-bond donors (Lipinski definition) is 1. The molecule has 0 radical (unpaired) electrons. The zero-order valence-electron chi connectivity index (χ0n) is 14.5. The van der Waals surface area contributed by atoms with E-state index in [-0.39, 0.29) is 0 Å². The summed E-state index contributed by atoms with van der Waals surface area (Å²) in [5.74, 6) is 6.88. The first-order chi connectivity index (χ1) is 12.7. The first kappa shape index (κ1) is 16.5. The number of rotatable bonds is 2. The summed E-state index contributed by atoms with van der Waals surface area (Å²) in [5.41, 5.74) is 3.95. The SMILES string of the molecule is CC(C#Cc1ccccc1)(c1ccc(Cl)cc1)c1c[nH]c2ccccc12. The Morgan fingerprint density at radius 1 is 0.846 bits per heavy atom. The van der Waals surface area contributed by atoms with Gasteiger partial charge in [0.25, 0.3) is 0 Å². The van der Waals surface area contributed by atoms with Gasteiger partial charge in [0.1, 0.15) is 0 Å². The van der Waals surface area contributed by atoms with Crippen LogP contribution in [0.5, 0.6) is 0 Å². The Hall–Kier alpha value is -2.95. The van der Waals surface area contributed by atoms with E-state index in [1.807, 2.05) is 48.5 Å². The van der Waals surface area contributed by atoms with E-state index in [4.69, 9.17) is 11.6 Å². The molecule has 0 aliphatic carbocycles. The summed E-state index contributed by atoms with van der Waals surface area (Å²) in [4.78, 5) is 3.38. The molecule has 4 rings (SSSR count). The quantitative estimate of drug-likeness (QED) is 0.413. The van der Waals surface area contributed by atoms with Crippen LogP contribution in [0.25, 0.3) is 10.9 Å². The van der Waals surface area contributed by atoms with E-state index in [9.17, 15) is 0 Å². The third-order valence-electron chi connectivity index (χ3n) is 4.78. The Kier molecular flexibility index (Phi) is 4.29. The molecule has 1 N–H and O–H groups in total. The summed E-state index contributed by atoms with van der Waals surface area (Å²) in [6, 6.07) is 26.4. The minimum absolute atomic E-state index is 0.458. The highest BCUT2D eigenvalue weighted by Crippen LogP contribution is 2.36. The summed E-state index contributed by atoms with van der Waals surface area (Å²) < 4.78 is 0. The van der Waals surface area contributed by atoms with Crippen LogP contribution in [0.1, 0.15) is 23.6 Å². The van der Waals surface area contributed by atoms with Crippen molar-refractivity contribution in [1.82, 2.24) is 4.98 Å². The number of H-pyrrole nitrogens is 1. The van der Waals surface area contributed by atoms with Crippen LogP contribution in [0.2, 0.25) is 5.02 Å². The largest absolute Gasteiger partial charge is 0.361 e. The Balaban J connectivity index is 1.92. The molecule has 0 amide bonds. The Morgan fingerprint density at radius 3 is 2.31 bits per heavy atom. The van der Waals surface area contributed by atoms with Crippen molar-refractivity contribution >= 4 is 22.5 Å². The van der Waals surface area contributed by atoms with Gasteiger partial charge in [0.2, 0.25) is 0 Å². The molecule has 0 fully saturated rings. The average molecular weight is 356 g/mol. The summed E-state index contributed by atoms with van der Waals surface area (Å²) in [5, 5.41) is 1.92. The maximum atomic E-state index is 6.11. The predicted molar refractivity (Wildman–Crippen MR) is 110 cm³/mol. The third kappa shape index (κ3) is 3.01. The number of fused-ring (bicyclic) bond motifs is 1. The lowest BCUT2D eigenvalue weighted by molar-refractivity contribution is 0.761. The van der Waals surface area contributed by atoms with Gasteiger partial charge in [-0.1, -0.05) is 72.0 Å². The molecule has 0 saturated heterocycles. The highest BCUT2D eigenvalue weighted by atomic mass is 35.5. The summed E-state index contributed by atoms with van der Waals surface area (Å²) >= 11 is 6.11. The molecule has 0 aliphatic rings. The molecule has 0 aliphatic heterocycles. The van der Waals surface area contributed by atoms with Crippen molar-refractivity contribution in [2.24, 2.45) is 0 Å². The van der Waals surface area contributed by atoms with Crippen LogP contribution in [0, 0.1) is 11.8 Å². The van der Waals surface area contributed by atoms with Crippen LogP contribution in [0.3, 0.4) is 0 Å². The normalized spacial score (nSPS) is 13.0. The highest BCUT2D eigenvalue weighted by molar-refractivity contribution is 6.30. The molecule has 2 heteroatoms. The van der Waals surface area contributed by atoms with Gasteiger partial charge in [0.05, 0.1) is 5.41 Å². The van der Waals surface area contributed by atoms with Crippen molar-refractivity contribution in [3.8, 4) is 11.8 Å². The fraction of sp³-hybridized carbons (Fsp3) is 0.0833. The first-order valence-electron chi connectivity index (χ1n) is 8.58. The highest BCUT2D eigenvalue weighted by Gasteiger charge is 2.29. The zero-order valence-corrected chi connectivity index (χ0v) is 15.2. The lowest BCUT2D eigenvalue weighted by atomic mass is 9.76. The number of nitrogens with one attached hydrogen (secondary N) is 1. The topological polar surface area (TPSA) is 15.8 Å². The second-order valence-corrected chi connectivity index (χ2v) is 6.93. The van der Waals surface area contributed by atoms with Crippen molar-refractivity contribution in [2.45, 2.75) is 12.3 Å². The van der Waals surface area contributed by atoms with Crippen LogP contribution < -0.4 is 0 Å². The van der Waals surface area contributed by atoms with Crippen LogP contribution >= 0.6 is 11.6 Å². The Labute approximate surface area is 158 Å². The fourth-order valence-electron chi connectivity index (χ4n) is 3.28. The van der Waals surface area contributed by atoms with Crippen LogP contribution in [0.4, 0.5) is 0 Å². The Morgan fingerprint density at radius 2 is 1.54 bits per heavy atom. The lowest BCUT2D eigenvalue weighted by Crippen LogP contribution is -2.21. The lowest BCUT2D eigenvalue weighted by Gasteiger charge is -2.24. The van der Waals surface area contributed by atoms with Crippen molar-refractivity contribution in [2.75, 3.05) is 0 Å². The first-order valence-corrected chi connectivity index (χ1v) is 8.95. The molecule has 1 heterocycles. The number of halogens is 1. The van der Waals surface area contributed by atoms with Gasteiger partial charge in [-0.25, -0.2) is 0 Å². The average Bonchev–Trinajstić information content (AvgIpc) is 3.12. The molecular weight excluding hydrogens is 338 g/mol. The van der Waals surface area contributed by atoms with Gasteiger partial charge in [-0.3, -0.25) is 0 Å². The van der Waals surface area contributed by atoms with E-state index in [0.717, 1.165) is 21.7 Å². The molecule has 0 spiro atoms. The van der Waals surface area contributed by atoms with E-state index in [0.29, 0.717) is 0 Å². The molecule has 0 bridgehead atoms. The van der Waals surface area contributed by atoms with E-state index < -0.39 is 5.41 Å². The van der Waals surface area contributed by atoms with Gasteiger partial charge in [-0.2, -0.15) is 0 Å². The summed E-state index contributed by atoms with van der Waals surface area (Å²) in [6.45, 7) is 2.17. The molecular formula is C24H18ClN. The molecule has 3 aromatic carbocycles. The molecule has 1 unspecified atom stereocenters. The number of benzene rings is 3. The van der Waals surface area contributed by atoms with Gasteiger partial charge in [0.15, 0.2) is 0 Å². The number of hydrogen-bond acceptors (Lipinski definition) is 0. The predicted octanol–water partition coefficient (Wildman–Crippen LogP) is 6.18. The molecule has 1 nitrogen and oxygen atoms in total. The monoisotopic (exact) mass is 355 g/mol. The fourth-order valence-corrected chi connectivity index (χ4v) is 3.41. The van der Waals surface area contributed by atoms with Crippen molar-refractivity contribution in [1.29, 1.82) is 0 Å². The van der Waals surface area contributed by atoms with Crippen LogP contribution in [0.15, 0.2) is 85.1 Å². The Bertz CT molecular complexity index is 1100. The summed E-state index contributed by atoms with van der Waals surface area (Å²) in [7, 11) is 0. The van der Waals surface area contributed by atoms with Gasteiger partial charge in [-0.05, 0) is 48.4 Å². The molecule has 4 aromatic rings. The third-order valence-corrected chi connectivity index (χ3v) is 5.03. The molecule has 26 heavy (non-hydrogen) atoms. The second kappa shape index (κ2) is 6.75. The zero-order chi connectivity index (χ0) is 18.0. The van der Waals surface area contributed by atoms with Crippen molar-refractivity contribution < 1.29 is 0 Å². The smallest absolute Gasteiger partial charge is 0.0808 e. The number of aromatic nitrogens is 1. The maximum absolute atomic E-state index is 6.11. The van der Waals surface area contributed by atoms with Crippen molar-refractivity contribution in [3.05, 3.63) is 107 Å². The van der Waals surface area contributed by atoms with E-state index in [2.05, 4.69) is 60.3 Å². The minimum atomic E-state index is -0.458. The van der Waals surface area contributed by atoms with E-state index in [1.165, 1.54) is 10.9 Å². The second-order valence-electron chi connectivity index (χ2n) is 6.50. The van der Waals surface area contributed by atoms with Gasteiger partial charge >= 0.3 is 0 Å². The van der Waals surface area contributed by atoms with E-state index in [1.54, 1.807) is 0 Å². The molecule has 1 aromatic heterocycles. The van der Waals surface area contributed by atoms with Crippen LogP contribution in [-0.4, -0.2) is 4.98 Å². The van der Waals surface area contributed by atoms with Crippen molar-refractivity contribution in [3.63, 3.8) is 0 Å². The minimum Gasteiger partial charge on any atom is -0.361 e. The van der Waals surface area contributed by atoms with Gasteiger partial charge in [0, 0.05) is 27.7 Å². The molecule has 0 saturated carbocycles. The number of aromatic amines is 1. The number of para-hydroxylation sites is 1. The van der Waals surface area contributed by atoms with Crippen LogP contribution in [-0.2, 0) is 5.41 Å². The molecule has 126 valence electrons.